The number of ether oxygens (including phenoxy) is 3. The lowest BCUT2D eigenvalue weighted by molar-refractivity contribution is -0.140. The number of hydrogen-bond donors (Lipinski definition) is 2. The zero-order valence-corrected chi connectivity index (χ0v) is 19.1. The number of fused-ring (bicyclic) bond motifs is 2. The molecule has 0 fully saturated rings. The molecule has 4 rings (SSSR count). The van der Waals surface area contributed by atoms with E-state index in [1.54, 1.807) is 51.1 Å². The van der Waals surface area contributed by atoms with Crippen LogP contribution in [0.15, 0.2) is 59.3 Å². The Kier molecular flexibility index (Phi) is 6.40. The van der Waals surface area contributed by atoms with Gasteiger partial charge in [0.15, 0.2) is 23.9 Å². The van der Waals surface area contributed by atoms with Crippen molar-refractivity contribution in [3.05, 3.63) is 76.0 Å². The molecule has 0 radical (unpaired) electrons. The van der Waals surface area contributed by atoms with Crippen molar-refractivity contribution in [1.29, 1.82) is 0 Å². The molecule has 2 aromatic carbocycles. The maximum atomic E-state index is 13.5. The average molecular weight is 463 g/mol. The van der Waals surface area contributed by atoms with Gasteiger partial charge in [-0.15, -0.1) is 0 Å². The summed E-state index contributed by atoms with van der Waals surface area (Å²) in [6, 6.07) is 12.3. The van der Waals surface area contributed by atoms with Crippen LogP contribution in [0.4, 0.5) is 0 Å². The number of aliphatic carboxylic acids is 1. The number of hydrogen-bond acceptors (Lipinski definition) is 7. The number of carboxylic acids is 1. The van der Waals surface area contributed by atoms with Crippen LogP contribution in [0.5, 0.6) is 11.5 Å². The Morgan fingerprint density at radius 3 is 2.41 bits per heavy atom. The van der Waals surface area contributed by atoms with Crippen LogP contribution < -0.4 is 14.8 Å². The predicted molar refractivity (Wildman–Crippen MR) is 124 cm³/mol. The highest BCUT2D eigenvalue weighted by Gasteiger charge is 2.43. The van der Waals surface area contributed by atoms with Crippen LogP contribution in [0.1, 0.15) is 48.2 Å². The summed E-state index contributed by atoms with van der Waals surface area (Å²) in [4.78, 5) is 37.5. The van der Waals surface area contributed by atoms with Crippen LogP contribution in [0.2, 0.25) is 0 Å². The van der Waals surface area contributed by atoms with Crippen molar-refractivity contribution in [2.45, 2.75) is 26.7 Å². The number of ketones is 1. The van der Waals surface area contributed by atoms with Crippen LogP contribution >= 0.6 is 0 Å². The molecule has 1 heterocycles. The molecular weight excluding hydrogens is 438 g/mol. The Hall–Kier alpha value is -4.07. The predicted octanol–water partition coefficient (Wildman–Crippen LogP) is 3.68. The highest BCUT2D eigenvalue weighted by atomic mass is 16.5. The standard InChI is InChI=1S/C26H25NO7/c1-4-32-19-12-15(10-11-18(19)34-13-20(28)29)22-21(26(31)33-5-2)14(3)27-24-16-8-6-7-9-17(16)25(30)23(22)24/h6-12,22,27H,4-5,13H2,1-3H3,(H,28,29)/t22-/m1/s1. The zero-order valence-electron chi connectivity index (χ0n) is 19.1. The molecule has 1 aliphatic carbocycles. The van der Waals surface area contributed by atoms with Gasteiger partial charge in [0, 0.05) is 28.3 Å². The molecule has 2 aromatic rings. The first-order valence-corrected chi connectivity index (χ1v) is 11.0. The number of carbonyl (C=O) groups is 3. The van der Waals surface area contributed by atoms with Gasteiger partial charge in [-0.3, -0.25) is 4.79 Å². The summed E-state index contributed by atoms with van der Waals surface area (Å²) in [6.45, 7) is 5.28. The number of allylic oxidation sites excluding steroid dienone is 2. The van der Waals surface area contributed by atoms with E-state index in [0.29, 0.717) is 46.0 Å². The summed E-state index contributed by atoms with van der Waals surface area (Å²) in [5.74, 6) is -1.92. The normalized spacial score (nSPS) is 16.6. The van der Waals surface area contributed by atoms with Crippen molar-refractivity contribution in [1.82, 2.24) is 5.32 Å². The Morgan fingerprint density at radius 2 is 1.74 bits per heavy atom. The van der Waals surface area contributed by atoms with Gasteiger partial charge < -0.3 is 24.6 Å². The third kappa shape index (κ3) is 4.03. The summed E-state index contributed by atoms with van der Waals surface area (Å²) < 4.78 is 16.4. The van der Waals surface area contributed by atoms with Gasteiger partial charge in [-0.2, -0.15) is 0 Å². The SMILES string of the molecule is CCOC(=O)C1=C(C)NC2=C(C(=O)c3ccccc32)[C@@H]1c1ccc(OCC(=O)O)c(OCC)c1. The van der Waals surface area contributed by atoms with Crippen LogP contribution in [0.25, 0.3) is 5.70 Å². The number of dihydropyridines is 1. The lowest BCUT2D eigenvalue weighted by Crippen LogP contribution is -2.29. The Bertz CT molecular complexity index is 1240. The smallest absolute Gasteiger partial charge is 0.341 e. The van der Waals surface area contributed by atoms with Crippen molar-refractivity contribution >= 4 is 23.4 Å². The van der Waals surface area contributed by atoms with Gasteiger partial charge in [0.1, 0.15) is 0 Å². The summed E-state index contributed by atoms with van der Waals surface area (Å²) in [6.07, 6.45) is 0. The van der Waals surface area contributed by atoms with Crippen LogP contribution in [0.3, 0.4) is 0 Å². The van der Waals surface area contributed by atoms with Crippen LogP contribution in [0, 0.1) is 0 Å². The van der Waals surface area contributed by atoms with Crippen molar-refractivity contribution in [3.8, 4) is 11.5 Å². The molecule has 1 aliphatic heterocycles. The van der Waals surface area contributed by atoms with Crippen LogP contribution in [-0.4, -0.2) is 42.6 Å². The molecule has 0 spiro atoms. The number of Topliss-reactive ketones (excluding diaryl/α,β-unsaturated/α-hetero) is 1. The average Bonchev–Trinajstić information content (AvgIpc) is 3.09. The van der Waals surface area contributed by atoms with Gasteiger partial charge in [-0.25, -0.2) is 9.59 Å². The molecule has 0 bridgehead atoms. The first-order chi connectivity index (χ1) is 16.4. The Morgan fingerprint density at radius 1 is 1.00 bits per heavy atom. The van der Waals surface area contributed by atoms with Crippen molar-refractivity contribution < 1.29 is 33.7 Å². The zero-order chi connectivity index (χ0) is 24.4. The van der Waals surface area contributed by atoms with Crippen molar-refractivity contribution in [2.24, 2.45) is 0 Å². The summed E-state index contributed by atoms with van der Waals surface area (Å²) in [7, 11) is 0. The largest absolute Gasteiger partial charge is 0.490 e. The van der Waals surface area contributed by atoms with Gasteiger partial charge in [0.05, 0.1) is 24.5 Å². The first kappa shape index (κ1) is 23.1. The van der Waals surface area contributed by atoms with E-state index >= 15 is 0 Å². The van der Waals surface area contributed by atoms with Gasteiger partial charge in [-0.05, 0) is 38.5 Å². The molecule has 0 saturated heterocycles. The molecule has 0 aromatic heterocycles. The minimum atomic E-state index is -1.11. The number of benzene rings is 2. The fourth-order valence-corrected chi connectivity index (χ4v) is 4.37. The minimum Gasteiger partial charge on any atom is -0.490 e. The summed E-state index contributed by atoms with van der Waals surface area (Å²) in [5, 5.41) is 12.2. The molecule has 0 saturated carbocycles. The fourth-order valence-electron chi connectivity index (χ4n) is 4.37. The molecule has 0 unspecified atom stereocenters. The lowest BCUT2D eigenvalue weighted by Gasteiger charge is -2.29. The third-order valence-electron chi connectivity index (χ3n) is 5.70. The molecule has 8 heteroatoms. The Labute approximate surface area is 196 Å². The lowest BCUT2D eigenvalue weighted by atomic mass is 9.79. The van der Waals surface area contributed by atoms with Gasteiger partial charge in [0.2, 0.25) is 0 Å². The van der Waals surface area contributed by atoms with Gasteiger partial charge >= 0.3 is 11.9 Å². The van der Waals surface area contributed by atoms with E-state index in [1.807, 2.05) is 12.1 Å². The molecule has 8 nitrogen and oxygen atoms in total. The topological polar surface area (TPSA) is 111 Å². The molecule has 0 amide bonds. The van der Waals surface area contributed by atoms with Gasteiger partial charge in [0.25, 0.3) is 0 Å². The maximum absolute atomic E-state index is 13.5. The monoisotopic (exact) mass is 463 g/mol. The highest BCUT2D eigenvalue weighted by molar-refractivity contribution is 6.23. The minimum absolute atomic E-state index is 0.165. The number of carboxylic acid groups (broad SMARTS) is 1. The molecular formula is C26H25NO7. The Balaban J connectivity index is 1.87. The van der Waals surface area contributed by atoms with E-state index in [4.69, 9.17) is 19.3 Å². The molecule has 2 N–H and O–H groups in total. The second kappa shape index (κ2) is 9.43. The van der Waals surface area contributed by atoms with E-state index in [-0.39, 0.29) is 18.1 Å². The molecule has 1 atom stereocenters. The van der Waals surface area contributed by atoms with E-state index in [1.165, 1.54) is 0 Å². The molecule has 34 heavy (non-hydrogen) atoms. The highest BCUT2D eigenvalue weighted by Crippen LogP contribution is 2.48. The third-order valence-corrected chi connectivity index (χ3v) is 5.70. The molecule has 176 valence electrons. The second-order valence-electron chi connectivity index (χ2n) is 7.80. The summed E-state index contributed by atoms with van der Waals surface area (Å²) in [5.41, 5.74) is 4.02. The fraction of sp³-hybridized carbons (Fsp3) is 0.269. The van der Waals surface area contributed by atoms with E-state index in [9.17, 15) is 14.4 Å². The maximum Gasteiger partial charge on any atom is 0.341 e. The number of esters is 1. The summed E-state index contributed by atoms with van der Waals surface area (Å²) >= 11 is 0. The number of rotatable bonds is 8. The van der Waals surface area contributed by atoms with Crippen molar-refractivity contribution in [2.75, 3.05) is 19.8 Å². The number of nitrogens with one attached hydrogen (secondary N) is 1. The second-order valence-corrected chi connectivity index (χ2v) is 7.80. The van der Waals surface area contributed by atoms with Crippen LogP contribution in [-0.2, 0) is 14.3 Å². The van der Waals surface area contributed by atoms with Gasteiger partial charge in [-0.1, -0.05) is 30.3 Å². The van der Waals surface area contributed by atoms with E-state index in [2.05, 4.69) is 5.32 Å². The molecule has 2 aliphatic rings. The van der Waals surface area contributed by atoms with E-state index < -0.39 is 24.5 Å². The number of carbonyl (C=O) groups excluding carboxylic acids is 2. The van der Waals surface area contributed by atoms with E-state index in [0.717, 1.165) is 5.56 Å². The van der Waals surface area contributed by atoms with Crippen molar-refractivity contribution in [3.63, 3.8) is 0 Å². The quantitative estimate of drug-likeness (QED) is 0.571. The first-order valence-electron chi connectivity index (χ1n) is 11.0.